The SMILES string of the molecule is Cl.Nc1ccc(C(=O)N[n+]2ccccc2)cc1.O=C(N[n+]1ccccc1)c1ccc(N=C([O-])c2ccc(C(F)(F)F)cc2)cc1.[Cl-]. The molecule has 0 radical (unpaired) electrons. The van der Waals surface area contributed by atoms with Gasteiger partial charge < -0.3 is 23.2 Å². The summed E-state index contributed by atoms with van der Waals surface area (Å²) < 4.78 is 40.8. The Bertz CT molecular complexity index is 1720. The monoisotopic (exact) mass is 670 g/mol. The van der Waals surface area contributed by atoms with E-state index in [9.17, 15) is 27.9 Å². The Balaban J connectivity index is 0.000000350. The van der Waals surface area contributed by atoms with Crippen molar-refractivity contribution in [3.63, 3.8) is 0 Å². The maximum atomic E-state index is 12.6. The molecular weight excluding hydrogens is 644 g/mol. The number of nitrogens with two attached hydrogens (primary N) is 1. The number of nitrogens with zero attached hydrogens (tertiary/aromatic N) is 3. The summed E-state index contributed by atoms with van der Waals surface area (Å²) in [7, 11) is 0. The number of anilines is 1. The zero-order valence-corrected chi connectivity index (χ0v) is 25.3. The minimum Gasteiger partial charge on any atom is -1.00 e. The van der Waals surface area contributed by atoms with Crippen molar-refractivity contribution in [2.45, 2.75) is 6.18 Å². The number of nitrogen functional groups attached to an aromatic ring is 1. The third kappa shape index (κ3) is 10.9. The Morgan fingerprint density at radius 1 is 0.652 bits per heavy atom. The molecule has 5 rings (SSSR count). The van der Waals surface area contributed by atoms with E-state index in [1.165, 1.54) is 28.9 Å². The molecule has 0 atom stereocenters. The van der Waals surface area contributed by atoms with Gasteiger partial charge in [-0.15, -0.1) is 23.3 Å². The lowest BCUT2D eigenvalue weighted by molar-refractivity contribution is -0.641. The van der Waals surface area contributed by atoms with Crippen molar-refractivity contribution in [1.82, 2.24) is 0 Å². The lowest BCUT2D eigenvalue weighted by Crippen LogP contribution is -3.00. The maximum Gasteiger partial charge on any atom is 0.416 e. The molecule has 0 unspecified atom stereocenters. The van der Waals surface area contributed by atoms with Crippen LogP contribution in [-0.2, 0) is 6.18 Å². The zero-order chi connectivity index (χ0) is 31.5. The summed E-state index contributed by atoms with van der Waals surface area (Å²) in [4.78, 5) is 27.8. The van der Waals surface area contributed by atoms with Crippen molar-refractivity contribution in [3.8, 4) is 0 Å². The third-order valence-corrected chi connectivity index (χ3v) is 5.88. The summed E-state index contributed by atoms with van der Waals surface area (Å²) in [6, 6.07) is 27.4. The van der Waals surface area contributed by atoms with Gasteiger partial charge in [0, 0.05) is 41.1 Å². The van der Waals surface area contributed by atoms with Crippen molar-refractivity contribution >= 4 is 41.5 Å². The van der Waals surface area contributed by atoms with Gasteiger partial charge in [-0.1, -0.05) is 33.6 Å². The van der Waals surface area contributed by atoms with Gasteiger partial charge in [0.1, 0.15) is 0 Å². The fourth-order valence-electron chi connectivity index (χ4n) is 3.62. The van der Waals surface area contributed by atoms with E-state index in [-0.39, 0.29) is 47.9 Å². The van der Waals surface area contributed by atoms with Crippen molar-refractivity contribution in [2.24, 2.45) is 4.99 Å². The number of aliphatic imine (C=N–C) groups is 1. The van der Waals surface area contributed by atoms with Crippen LogP contribution in [0.15, 0.2) is 139 Å². The van der Waals surface area contributed by atoms with Crippen LogP contribution in [-0.4, -0.2) is 17.7 Å². The number of hydrogen-bond donors (Lipinski definition) is 3. The van der Waals surface area contributed by atoms with Crippen LogP contribution < -0.4 is 43.5 Å². The molecule has 2 heterocycles. The van der Waals surface area contributed by atoms with Crippen LogP contribution in [0.5, 0.6) is 0 Å². The smallest absolute Gasteiger partial charge is 0.416 e. The quantitative estimate of drug-likeness (QED) is 0.109. The van der Waals surface area contributed by atoms with Crippen LogP contribution in [0.2, 0.25) is 0 Å². The highest BCUT2D eigenvalue weighted by Crippen LogP contribution is 2.29. The van der Waals surface area contributed by atoms with Gasteiger partial charge in [-0.3, -0.25) is 14.6 Å². The highest BCUT2D eigenvalue weighted by molar-refractivity contribution is 5.99. The number of benzene rings is 3. The second kappa shape index (κ2) is 17.1. The van der Waals surface area contributed by atoms with E-state index in [4.69, 9.17) is 5.73 Å². The van der Waals surface area contributed by atoms with E-state index in [0.717, 1.165) is 24.3 Å². The van der Waals surface area contributed by atoms with E-state index in [1.807, 2.05) is 24.3 Å². The summed E-state index contributed by atoms with van der Waals surface area (Å²) in [5, 5.41) is 12.1. The Morgan fingerprint density at radius 3 is 1.46 bits per heavy atom. The Morgan fingerprint density at radius 2 is 1.04 bits per heavy atom. The van der Waals surface area contributed by atoms with Gasteiger partial charge in [-0.25, -0.2) is 0 Å². The minimum absolute atomic E-state index is 0. The van der Waals surface area contributed by atoms with Crippen LogP contribution in [0.25, 0.3) is 0 Å². The van der Waals surface area contributed by atoms with Gasteiger partial charge in [0.15, 0.2) is 24.8 Å². The van der Waals surface area contributed by atoms with E-state index in [2.05, 4.69) is 15.8 Å². The first-order valence-corrected chi connectivity index (χ1v) is 13.0. The molecular formula is C32H27Cl2F3N6O3. The molecule has 2 amide bonds. The number of halogens is 5. The molecule has 0 saturated carbocycles. The summed E-state index contributed by atoms with van der Waals surface area (Å²) >= 11 is 0. The van der Waals surface area contributed by atoms with Crippen LogP contribution in [0, 0.1) is 0 Å². The number of aromatic nitrogens is 2. The highest BCUT2D eigenvalue weighted by Gasteiger charge is 2.29. The van der Waals surface area contributed by atoms with Crippen molar-refractivity contribution < 1.29 is 49.6 Å². The zero-order valence-electron chi connectivity index (χ0n) is 23.8. The fourth-order valence-corrected chi connectivity index (χ4v) is 3.62. The largest absolute Gasteiger partial charge is 1.00 e. The molecule has 0 aliphatic rings. The lowest BCUT2D eigenvalue weighted by atomic mass is 10.1. The minimum atomic E-state index is -4.47. The fraction of sp³-hybridized carbons (Fsp3) is 0.0312. The first-order chi connectivity index (χ1) is 21.1. The number of nitrogens with one attached hydrogen (secondary N) is 2. The van der Waals surface area contributed by atoms with Crippen LogP contribution in [0.4, 0.5) is 24.5 Å². The average Bonchev–Trinajstić information content (AvgIpc) is 3.02. The Labute approximate surface area is 274 Å². The standard InChI is InChI=1S/C20H14F3N3O2.C12H11N3O.2ClH/c21-20(22,23)16-8-4-14(5-9-16)18(27)24-17-10-6-15(7-11-17)19(28)25-26-12-2-1-3-13-26;13-11-6-4-10(5-7-11)12(16)14-15-8-2-1-3-9-15;;/h1-13H,(H-,24,25,27,28);1-9H,(H2-,13,14,16);2*1H. The van der Waals surface area contributed by atoms with Crippen LogP contribution >= 0.6 is 12.4 Å². The number of amides is 2. The molecule has 0 saturated heterocycles. The molecule has 5 aromatic rings. The molecule has 46 heavy (non-hydrogen) atoms. The molecule has 0 spiro atoms. The van der Waals surface area contributed by atoms with Crippen molar-refractivity contribution in [1.29, 1.82) is 0 Å². The highest BCUT2D eigenvalue weighted by atomic mass is 35.5. The van der Waals surface area contributed by atoms with Crippen LogP contribution in [0.3, 0.4) is 0 Å². The second-order valence-electron chi connectivity index (χ2n) is 9.11. The molecule has 238 valence electrons. The molecule has 3 aromatic carbocycles. The number of hydrogen-bond acceptors (Lipinski definition) is 5. The number of pyridine rings is 2. The second-order valence-corrected chi connectivity index (χ2v) is 9.11. The van der Waals surface area contributed by atoms with Gasteiger partial charge >= 0.3 is 18.0 Å². The first kappa shape index (κ1) is 36.7. The number of carbonyl (C=O) groups is 2. The summed E-state index contributed by atoms with van der Waals surface area (Å²) in [5.74, 6) is -1.20. The molecule has 0 aliphatic heterocycles. The van der Waals surface area contributed by atoms with Gasteiger partial charge in [-0.2, -0.15) is 13.2 Å². The van der Waals surface area contributed by atoms with E-state index < -0.39 is 17.6 Å². The van der Waals surface area contributed by atoms with Gasteiger partial charge in [0.05, 0.1) is 11.3 Å². The molecule has 0 bridgehead atoms. The topological polar surface area (TPSA) is 127 Å². The molecule has 0 fully saturated rings. The van der Waals surface area contributed by atoms with Gasteiger partial charge in [0.2, 0.25) is 0 Å². The predicted octanol–water partition coefficient (Wildman–Crippen LogP) is 1.18. The predicted molar refractivity (Wildman–Crippen MR) is 163 cm³/mol. The first-order valence-electron chi connectivity index (χ1n) is 13.0. The van der Waals surface area contributed by atoms with Crippen LogP contribution in [0.1, 0.15) is 31.8 Å². The number of alkyl halides is 3. The summed E-state index contributed by atoms with van der Waals surface area (Å²) in [5.41, 5.74) is 12.0. The Kier molecular flexibility index (Phi) is 13.7. The molecule has 4 N–H and O–H groups in total. The maximum absolute atomic E-state index is 12.6. The summed E-state index contributed by atoms with van der Waals surface area (Å²) in [6.07, 6.45) is 2.40. The van der Waals surface area contributed by atoms with E-state index in [0.29, 0.717) is 16.8 Å². The molecule has 2 aromatic heterocycles. The molecule has 9 nitrogen and oxygen atoms in total. The van der Waals surface area contributed by atoms with Crippen molar-refractivity contribution in [2.75, 3.05) is 16.6 Å². The third-order valence-electron chi connectivity index (χ3n) is 5.88. The van der Waals surface area contributed by atoms with Gasteiger partial charge in [-0.05, 0) is 72.1 Å². The normalized spacial score (nSPS) is 10.6. The molecule has 14 heteroatoms. The van der Waals surface area contributed by atoms with E-state index in [1.54, 1.807) is 65.9 Å². The average molecular weight is 672 g/mol. The van der Waals surface area contributed by atoms with Gasteiger partial charge in [0.25, 0.3) is 0 Å². The van der Waals surface area contributed by atoms with Crippen molar-refractivity contribution in [3.05, 3.63) is 156 Å². The number of carbonyl (C=O) groups excluding carboxylic acids is 2. The van der Waals surface area contributed by atoms with E-state index >= 15 is 0 Å². The lowest BCUT2D eigenvalue weighted by Gasteiger charge is -2.12. The summed E-state index contributed by atoms with van der Waals surface area (Å²) in [6.45, 7) is 0. The molecule has 0 aliphatic carbocycles. The Hall–Kier alpha value is -5.46. The number of rotatable bonds is 6.